The van der Waals surface area contributed by atoms with Crippen LogP contribution < -0.4 is 4.90 Å². The molecule has 0 saturated carbocycles. The van der Waals surface area contributed by atoms with Crippen molar-refractivity contribution in [3.8, 4) is 0 Å². The molecule has 0 N–H and O–H groups in total. The van der Waals surface area contributed by atoms with Gasteiger partial charge < -0.3 is 4.90 Å². The second kappa shape index (κ2) is 4.35. The molecule has 2 unspecified atom stereocenters. The number of anilines is 1. The van der Waals surface area contributed by atoms with Gasteiger partial charge in [0, 0.05) is 24.5 Å². The lowest BCUT2D eigenvalue weighted by Gasteiger charge is -2.35. The van der Waals surface area contributed by atoms with Crippen LogP contribution in [-0.2, 0) is 0 Å². The number of nitrogens with zero attached hydrogens (tertiary/aromatic N) is 3. The van der Waals surface area contributed by atoms with E-state index < -0.39 is 0 Å². The zero-order valence-corrected chi connectivity index (χ0v) is 9.91. The molecule has 1 aliphatic rings. The fourth-order valence-electron chi connectivity index (χ4n) is 1.92. The number of hydrogen-bond donors (Lipinski definition) is 0. The van der Waals surface area contributed by atoms with Gasteiger partial charge in [-0.25, -0.2) is 9.97 Å². The van der Waals surface area contributed by atoms with Crippen LogP contribution in [0.1, 0.15) is 25.5 Å². The summed E-state index contributed by atoms with van der Waals surface area (Å²) in [6.07, 6.45) is 4.01. The molecular formula is C11H16ClN3. The number of piperidine rings is 1. The Morgan fingerprint density at radius 2 is 2.27 bits per heavy atom. The van der Waals surface area contributed by atoms with E-state index in [1.165, 1.54) is 0 Å². The van der Waals surface area contributed by atoms with Crippen molar-refractivity contribution < 1.29 is 0 Å². The molecule has 15 heavy (non-hydrogen) atoms. The van der Waals surface area contributed by atoms with Crippen molar-refractivity contribution in [1.82, 2.24) is 9.97 Å². The Bertz CT molecular complexity index is 342. The van der Waals surface area contributed by atoms with Crippen LogP contribution in [0.3, 0.4) is 0 Å². The maximum absolute atomic E-state index is 6.17. The molecule has 0 aromatic carbocycles. The summed E-state index contributed by atoms with van der Waals surface area (Å²) in [6.45, 7) is 5.04. The normalized spacial score (nSPS) is 26.7. The second-order valence-corrected chi connectivity index (χ2v) is 4.79. The fraction of sp³-hybridized carbons (Fsp3) is 0.636. The number of alkyl halides is 1. The molecular weight excluding hydrogens is 210 g/mol. The average molecular weight is 226 g/mol. The smallest absolute Gasteiger partial charge is 0.225 e. The summed E-state index contributed by atoms with van der Waals surface area (Å²) >= 11 is 6.17. The lowest BCUT2D eigenvalue weighted by atomic mass is 10.0. The molecule has 1 fully saturated rings. The van der Waals surface area contributed by atoms with Gasteiger partial charge in [-0.1, -0.05) is 0 Å². The highest BCUT2D eigenvalue weighted by Crippen LogP contribution is 2.24. The van der Waals surface area contributed by atoms with E-state index in [1.807, 2.05) is 19.2 Å². The summed E-state index contributed by atoms with van der Waals surface area (Å²) < 4.78 is 0. The first-order valence-corrected chi connectivity index (χ1v) is 5.81. The van der Waals surface area contributed by atoms with Gasteiger partial charge in [0.1, 0.15) is 0 Å². The minimum Gasteiger partial charge on any atom is -0.337 e. The van der Waals surface area contributed by atoms with Gasteiger partial charge >= 0.3 is 0 Å². The van der Waals surface area contributed by atoms with Crippen molar-refractivity contribution >= 4 is 17.5 Å². The van der Waals surface area contributed by atoms with E-state index in [4.69, 9.17) is 11.6 Å². The van der Waals surface area contributed by atoms with Crippen molar-refractivity contribution in [2.75, 3.05) is 11.4 Å². The summed E-state index contributed by atoms with van der Waals surface area (Å²) in [4.78, 5) is 10.9. The predicted molar refractivity (Wildman–Crippen MR) is 62.5 cm³/mol. The van der Waals surface area contributed by atoms with E-state index in [0.29, 0.717) is 6.04 Å². The zero-order valence-electron chi connectivity index (χ0n) is 9.15. The van der Waals surface area contributed by atoms with E-state index in [-0.39, 0.29) is 5.38 Å². The van der Waals surface area contributed by atoms with Gasteiger partial charge in [-0.15, -0.1) is 11.6 Å². The van der Waals surface area contributed by atoms with Crippen LogP contribution in [0.5, 0.6) is 0 Å². The molecule has 0 bridgehead atoms. The molecule has 1 aromatic heterocycles. The molecule has 4 heteroatoms. The number of hydrogen-bond acceptors (Lipinski definition) is 3. The molecule has 3 nitrogen and oxygen atoms in total. The Morgan fingerprint density at radius 3 is 3.00 bits per heavy atom. The van der Waals surface area contributed by atoms with Crippen LogP contribution in [-0.4, -0.2) is 27.9 Å². The van der Waals surface area contributed by atoms with E-state index in [9.17, 15) is 0 Å². The largest absolute Gasteiger partial charge is 0.337 e. The van der Waals surface area contributed by atoms with E-state index in [2.05, 4.69) is 21.8 Å². The molecule has 1 aromatic rings. The van der Waals surface area contributed by atoms with Crippen molar-refractivity contribution in [2.45, 2.75) is 38.1 Å². The highest BCUT2D eigenvalue weighted by molar-refractivity contribution is 6.21. The van der Waals surface area contributed by atoms with Crippen LogP contribution in [0, 0.1) is 6.92 Å². The average Bonchev–Trinajstić information content (AvgIpc) is 2.22. The topological polar surface area (TPSA) is 29.0 Å². The zero-order chi connectivity index (χ0) is 10.8. The minimum atomic E-state index is 0.227. The molecule has 1 saturated heterocycles. The predicted octanol–water partition coefficient (Wildman–Crippen LogP) is 2.38. The SMILES string of the molecule is Cc1ccnc(N2CC(Cl)CCC2C)n1. The summed E-state index contributed by atoms with van der Waals surface area (Å²) in [7, 11) is 0. The highest BCUT2D eigenvalue weighted by Gasteiger charge is 2.25. The third-order valence-electron chi connectivity index (χ3n) is 2.86. The van der Waals surface area contributed by atoms with Gasteiger partial charge in [0.25, 0.3) is 0 Å². The maximum Gasteiger partial charge on any atom is 0.225 e. The number of aryl methyl sites for hydroxylation is 1. The molecule has 1 aliphatic heterocycles. The standard InChI is InChI=1S/C11H16ClN3/c1-8-5-6-13-11(14-8)15-7-10(12)4-3-9(15)2/h5-6,9-10H,3-4,7H2,1-2H3. The summed E-state index contributed by atoms with van der Waals surface area (Å²) in [6, 6.07) is 2.40. The van der Waals surface area contributed by atoms with Crippen LogP contribution in [0.2, 0.25) is 0 Å². The van der Waals surface area contributed by atoms with E-state index >= 15 is 0 Å². The molecule has 0 spiro atoms. The Balaban J connectivity index is 2.21. The Kier molecular flexibility index (Phi) is 3.10. The number of halogens is 1. The lowest BCUT2D eigenvalue weighted by molar-refractivity contribution is 0.481. The van der Waals surface area contributed by atoms with Gasteiger partial charge in [0.05, 0.1) is 5.38 Å². The molecule has 2 rings (SSSR count). The highest BCUT2D eigenvalue weighted by atomic mass is 35.5. The summed E-state index contributed by atoms with van der Waals surface area (Å²) in [5.41, 5.74) is 1.00. The Morgan fingerprint density at radius 1 is 1.47 bits per heavy atom. The molecule has 0 radical (unpaired) electrons. The maximum atomic E-state index is 6.17. The van der Waals surface area contributed by atoms with Crippen molar-refractivity contribution in [2.24, 2.45) is 0 Å². The first-order valence-electron chi connectivity index (χ1n) is 5.37. The number of rotatable bonds is 1. The molecule has 2 heterocycles. The van der Waals surface area contributed by atoms with Crippen molar-refractivity contribution in [1.29, 1.82) is 0 Å². The van der Waals surface area contributed by atoms with Gasteiger partial charge in [-0.2, -0.15) is 0 Å². The number of aromatic nitrogens is 2. The summed E-state index contributed by atoms with van der Waals surface area (Å²) in [5, 5.41) is 0.227. The van der Waals surface area contributed by atoms with Gasteiger partial charge in [0.15, 0.2) is 0 Å². The molecule has 0 amide bonds. The molecule has 82 valence electrons. The van der Waals surface area contributed by atoms with Crippen LogP contribution in [0.15, 0.2) is 12.3 Å². The molecule has 0 aliphatic carbocycles. The Hall–Kier alpha value is -0.830. The van der Waals surface area contributed by atoms with Crippen LogP contribution >= 0.6 is 11.6 Å². The molecule has 2 atom stereocenters. The van der Waals surface area contributed by atoms with Gasteiger partial charge in [-0.3, -0.25) is 0 Å². The second-order valence-electron chi connectivity index (χ2n) is 4.17. The van der Waals surface area contributed by atoms with Gasteiger partial charge in [-0.05, 0) is 32.8 Å². The Labute approximate surface area is 95.5 Å². The van der Waals surface area contributed by atoms with Crippen LogP contribution in [0.25, 0.3) is 0 Å². The quantitative estimate of drug-likeness (QED) is 0.688. The van der Waals surface area contributed by atoms with Crippen molar-refractivity contribution in [3.05, 3.63) is 18.0 Å². The summed E-state index contributed by atoms with van der Waals surface area (Å²) in [5.74, 6) is 0.813. The van der Waals surface area contributed by atoms with Crippen LogP contribution in [0.4, 0.5) is 5.95 Å². The lowest BCUT2D eigenvalue weighted by Crippen LogP contribution is -2.43. The van der Waals surface area contributed by atoms with Gasteiger partial charge in [0.2, 0.25) is 5.95 Å². The van der Waals surface area contributed by atoms with E-state index in [1.54, 1.807) is 0 Å². The van der Waals surface area contributed by atoms with E-state index in [0.717, 1.165) is 31.0 Å². The fourth-order valence-corrected chi connectivity index (χ4v) is 2.19. The first-order chi connectivity index (χ1) is 7.16. The van der Waals surface area contributed by atoms with Crippen molar-refractivity contribution in [3.63, 3.8) is 0 Å². The first kappa shape index (κ1) is 10.7. The minimum absolute atomic E-state index is 0.227. The monoisotopic (exact) mass is 225 g/mol. The third-order valence-corrected chi connectivity index (χ3v) is 3.22. The third kappa shape index (κ3) is 2.40.